The molecule has 0 saturated heterocycles. The molecule has 0 fully saturated rings. The molecule has 1 atom stereocenters. The summed E-state index contributed by atoms with van der Waals surface area (Å²) in [5.41, 5.74) is 1.95. The highest BCUT2D eigenvalue weighted by Gasteiger charge is 2.27. The maximum Gasteiger partial charge on any atom is 0.307 e. The number of ether oxygens (including phenoxy) is 1. The van der Waals surface area contributed by atoms with Gasteiger partial charge in [0.25, 0.3) is 5.91 Å². The van der Waals surface area contributed by atoms with Gasteiger partial charge in [0.2, 0.25) is 5.91 Å². The summed E-state index contributed by atoms with van der Waals surface area (Å²) in [6.45, 7) is 0.299. The minimum atomic E-state index is -0.578. The number of carbonyl (C=O) groups excluding carboxylic acids is 3. The van der Waals surface area contributed by atoms with Gasteiger partial charge in [0.1, 0.15) is 5.71 Å². The van der Waals surface area contributed by atoms with Crippen LogP contribution in [0.3, 0.4) is 0 Å². The summed E-state index contributed by atoms with van der Waals surface area (Å²) in [4.78, 5) is 37.0. The Morgan fingerprint density at radius 2 is 1.93 bits per heavy atom. The van der Waals surface area contributed by atoms with Gasteiger partial charge in [0, 0.05) is 17.3 Å². The largest absolute Gasteiger partial charge is 0.469 e. The lowest BCUT2D eigenvalue weighted by molar-refractivity contribution is -0.141. The van der Waals surface area contributed by atoms with Crippen molar-refractivity contribution in [3.05, 3.63) is 70.2 Å². The molecule has 0 aromatic heterocycles. The quantitative estimate of drug-likeness (QED) is 0.627. The lowest BCUT2D eigenvalue weighted by atomic mass is 10.0. The number of hydrazone groups is 1. The molecule has 1 heterocycles. The first-order valence-electron chi connectivity index (χ1n) is 9.51. The number of methoxy groups -OCH3 is 1. The molecular weight excluding hydrogens is 450 g/mol. The second-order valence-electron chi connectivity index (χ2n) is 6.84. The molecule has 0 radical (unpaired) electrons. The number of carbonyl (C=O) groups is 3. The predicted octanol–water partition coefficient (Wildman–Crippen LogP) is 3.35. The molecule has 0 spiro atoms. The Labute approximate surface area is 183 Å². The van der Waals surface area contributed by atoms with Crippen LogP contribution in [0.25, 0.3) is 0 Å². The Morgan fingerprint density at radius 3 is 2.63 bits per heavy atom. The van der Waals surface area contributed by atoms with E-state index < -0.39 is 17.9 Å². The maximum absolute atomic E-state index is 12.9. The van der Waals surface area contributed by atoms with Gasteiger partial charge in [-0.25, -0.2) is 5.01 Å². The Morgan fingerprint density at radius 1 is 1.17 bits per heavy atom. The molecule has 1 N–H and O–H groups in total. The first-order valence-corrected chi connectivity index (χ1v) is 10.3. The summed E-state index contributed by atoms with van der Waals surface area (Å²) in [6, 6.07) is 16.2. The Balaban J connectivity index is 1.77. The van der Waals surface area contributed by atoms with E-state index >= 15 is 0 Å². The van der Waals surface area contributed by atoms with E-state index in [2.05, 4.69) is 26.3 Å². The van der Waals surface area contributed by atoms with Gasteiger partial charge in [-0.1, -0.05) is 58.4 Å². The number of nitrogens with one attached hydrogen (secondary N) is 1. The SMILES string of the molecule is COC(=O)CC(NC(=O)C1=NN(Cc2ccccc2)C(=O)CC1)c1cccc(Br)c1. The first kappa shape index (κ1) is 21.7. The van der Waals surface area contributed by atoms with Crippen LogP contribution in [0.4, 0.5) is 0 Å². The maximum atomic E-state index is 12.9. The van der Waals surface area contributed by atoms with Crippen molar-refractivity contribution in [3.63, 3.8) is 0 Å². The molecule has 156 valence electrons. The second kappa shape index (κ2) is 10.2. The molecule has 2 amide bonds. The average molecular weight is 472 g/mol. The zero-order chi connectivity index (χ0) is 21.5. The smallest absolute Gasteiger partial charge is 0.307 e. The van der Waals surface area contributed by atoms with Crippen LogP contribution in [0, 0.1) is 0 Å². The molecule has 8 heteroatoms. The highest BCUT2D eigenvalue weighted by atomic mass is 79.9. The molecule has 1 unspecified atom stereocenters. The predicted molar refractivity (Wildman–Crippen MR) is 115 cm³/mol. The van der Waals surface area contributed by atoms with Crippen molar-refractivity contribution >= 4 is 39.4 Å². The molecule has 1 aliphatic heterocycles. The van der Waals surface area contributed by atoms with Crippen molar-refractivity contribution in [1.29, 1.82) is 0 Å². The number of nitrogens with zero attached hydrogens (tertiary/aromatic N) is 2. The standard InChI is InChI=1S/C22H22BrN3O4/c1-30-21(28)13-19(16-8-5-9-17(23)12-16)24-22(29)18-10-11-20(27)26(25-18)14-15-6-3-2-4-7-15/h2-9,12,19H,10-11,13-14H2,1H3,(H,24,29). The van der Waals surface area contributed by atoms with Crippen molar-refractivity contribution in [2.45, 2.75) is 31.8 Å². The van der Waals surface area contributed by atoms with E-state index in [9.17, 15) is 14.4 Å². The molecule has 0 aliphatic carbocycles. The van der Waals surface area contributed by atoms with Crippen LogP contribution in [0.15, 0.2) is 64.2 Å². The van der Waals surface area contributed by atoms with E-state index in [-0.39, 0.29) is 30.9 Å². The van der Waals surface area contributed by atoms with Gasteiger partial charge in [-0.05, 0) is 23.3 Å². The molecular formula is C22H22BrN3O4. The van der Waals surface area contributed by atoms with Gasteiger partial charge < -0.3 is 10.1 Å². The van der Waals surface area contributed by atoms with E-state index in [4.69, 9.17) is 4.74 Å². The van der Waals surface area contributed by atoms with Crippen LogP contribution in [0.5, 0.6) is 0 Å². The molecule has 0 saturated carbocycles. The number of halogens is 1. The highest BCUT2D eigenvalue weighted by Crippen LogP contribution is 2.22. The van der Waals surface area contributed by atoms with Crippen LogP contribution in [-0.2, 0) is 25.7 Å². The summed E-state index contributed by atoms with van der Waals surface area (Å²) >= 11 is 3.41. The van der Waals surface area contributed by atoms with Crippen LogP contribution < -0.4 is 5.32 Å². The first-order chi connectivity index (χ1) is 14.5. The third-order valence-electron chi connectivity index (χ3n) is 4.70. The minimum absolute atomic E-state index is 0.0152. The summed E-state index contributed by atoms with van der Waals surface area (Å²) in [7, 11) is 1.31. The van der Waals surface area contributed by atoms with E-state index in [1.807, 2.05) is 54.6 Å². The average Bonchev–Trinajstić information content (AvgIpc) is 2.75. The number of hydrogen-bond donors (Lipinski definition) is 1. The van der Waals surface area contributed by atoms with Crippen molar-refractivity contribution in [1.82, 2.24) is 10.3 Å². The van der Waals surface area contributed by atoms with E-state index in [0.717, 1.165) is 15.6 Å². The van der Waals surface area contributed by atoms with Crippen molar-refractivity contribution in [3.8, 4) is 0 Å². The Bertz CT molecular complexity index is 962. The van der Waals surface area contributed by atoms with Gasteiger partial charge in [0.15, 0.2) is 0 Å². The van der Waals surface area contributed by atoms with Crippen molar-refractivity contribution in [2.24, 2.45) is 5.10 Å². The van der Waals surface area contributed by atoms with E-state index in [1.54, 1.807) is 0 Å². The number of benzene rings is 2. The Hall–Kier alpha value is -3.00. The lowest BCUT2D eigenvalue weighted by Gasteiger charge is -2.25. The van der Waals surface area contributed by atoms with Gasteiger partial charge in [0.05, 0.1) is 26.1 Å². The van der Waals surface area contributed by atoms with E-state index in [0.29, 0.717) is 6.54 Å². The monoisotopic (exact) mass is 471 g/mol. The number of rotatable bonds is 7. The number of hydrogen-bond acceptors (Lipinski definition) is 5. The summed E-state index contributed by atoms with van der Waals surface area (Å²) in [6.07, 6.45) is 0.440. The molecule has 7 nitrogen and oxygen atoms in total. The fourth-order valence-electron chi connectivity index (χ4n) is 3.11. The van der Waals surface area contributed by atoms with Gasteiger partial charge in [-0.2, -0.15) is 5.10 Å². The fraction of sp³-hybridized carbons (Fsp3) is 0.273. The molecule has 2 aromatic rings. The van der Waals surface area contributed by atoms with Crippen LogP contribution in [0.2, 0.25) is 0 Å². The van der Waals surface area contributed by atoms with Crippen molar-refractivity contribution < 1.29 is 19.1 Å². The second-order valence-corrected chi connectivity index (χ2v) is 7.76. The topological polar surface area (TPSA) is 88.1 Å². The molecule has 2 aromatic carbocycles. The summed E-state index contributed by atoms with van der Waals surface area (Å²) in [5.74, 6) is -0.977. The molecule has 30 heavy (non-hydrogen) atoms. The number of amides is 2. The zero-order valence-electron chi connectivity index (χ0n) is 16.5. The van der Waals surface area contributed by atoms with Crippen molar-refractivity contribution in [2.75, 3.05) is 7.11 Å². The molecule has 1 aliphatic rings. The molecule has 3 rings (SSSR count). The van der Waals surface area contributed by atoms with Gasteiger partial charge in [-0.15, -0.1) is 0 Å². The van der Waals surface area contributed by atoms with Gasteiger partial charge >= 0.3 is 5.97 Å². The Kier molecular flexibility index (Phi) is 7.35. The normalized spacial score (nSPS) is 14.7. The zero-order valence-corrected chi connectivity index (χ0v) is 18.1. The molecule has 0 bridgehead atoms. The third kappa shape index (κ3) is 5.76. The van der Waals surface area contributed by atoms with Gasteiger partial charge in [-0.3, -0.25) is 14.4 Å². The highest BCUT2D eigenvalue weighted by molar-refractivity contribution is 9.10. The van der Waals surface area contributed by atoms with Crippen LogP contribution >= 0.6 is 15.9 Å². The third-order valence-corrected chi connectivity index (χ3v) is 5.19. The van der Waals surface area contributed by atoms with Crippen LogP contribution in [0.1, 0.15) is 36.4 Å². The number of esters is 1. The van der Waals surface area contributed by atoms with E-state index in [1.165, 1.54) is 12.1 Å². The minimum Gasteiger partial charge on any atom is -0.469 e. The lowest BCUT2D eigenvalue weighted by Crippen LogP contribution is -2.40. The van der Waals surface area contributed by atoms with Crippen LogP contribution in [-0.4, -0.2) is 35.6 Å². The fourth-order valence-corrected chi connectivity index (χ4v) is 3.53. The summed E-state index contributed by atoms with van der Waals surface area (Å²) < 4.78 is 5.60. The summed E-state index contributed by atoms with van der Waals surface area (Å²) in [5, 5.41) is 8.47.